The van der Waals surface area contributed by atoms with E-state index in [4.69, 9.17) is 0 Å². The van der Waals surface area contributed by atoms with Crippen LogP contribution in [0.25, 0.3) is 0 Å². The number of hydrogen-bond donors (Lipinski definition) is 0. The monoisotopic (exact) mass is 222 g/mol. The average molecular weight is 222 g/mol. The topological polar surface area (TPSA) is 36.9 Å². The summed E-state index contributed by atoms with van der Waals surface area (Å²) in [5, 5.41) is 0. The fourth-order valence-corrected chi connectivity index (χ4v) is 0.659. The van der Waals surface area contributed by atoms with Gasteiger partial charge in [0.15, 0.2) is 27.4 Å². The summed E-state index contributed by atoms with van der Waals surface area (Å²) in [7, 11) is 0. The molecule has 0 aromatic heterocycles. The molecule has 0 aromatic rings. The molecule has 0 aliphatic rings. The van der Waals surface area contributed by atoms with Crippen LogP contribution in [0, 0.1) is 0 Å². The first-order chi connectivity index (χ1) is 6.79. The predicted octanol–water partition coefficient (Wildman–Crippen LogP) is 1.41. The number of halogens is 4. The second-order valence-corrected chi connectivity index (χ2v) is 1.84. The van der Waals surface area contributed by atoms with E-state index >= 15 is 0 Å². The van der Waals surface area contributed by atoms with Crippen LogP contribution in [0.3, 0.4) is 0 Å². The third-order valence-electron chi connectivity index (χ3n) is 1.13. The largest absolute Gasteiger partial charge is 0.316 e. The number of ether oxygens (including phenoxy) is 4. The van der Waals surface area contributed by atoms with Gasteiger partial charge in [0.2, 0.25) is 12.6 Å². The minimum Gasteiger partial charge on any atom is -0.316 e. The quantitative estimate of drug-likeness (QED) is 0.436. The van der Waals surface area contributed by atoms with E-state index in [2.05, 4.69) is 18.9 Å². The summed E-state index contributed by atoms with van der Waals surface area (Å²) < 4.78 is 63.3. The Hall–Kier alpha value is -0.440. The number of rotatable bonds is 9. The van der Waals surface area contributed by atoms with Crippen LogP contribution in [-0.4, -0.2) is 40.0 Å². The minimum absolute atomic E-state index is 1.33. The van der Waals surface area contributed by atoms with Crippen LogP contribution in [0.1, 0.15) is 0 Å². The Morgan fingerprint density at radius 3 is 0.929 bits per heavy atom. The molecule has 0 saturated carbocycles. The van der Waals surface area contributed by atoms with Gasteiger partial charge in [0.25, 0.3) is 0 Å². The molecule has 14 heavy (non-hydrogen) atoms. The van der Waals surface area contributed by atoms with Crippen molar-refractivity contribution in [2.75, 3.05) is 27.4 Å². The van der Waals surface area contributed by atoms with Gasteiger partial charge in [-0.05, 0) is 0 Å². The summed E-state index contributed by atoms with van der Waals surface area (Å²) in [6.45, 7) is -5.31. The first-order valence-electron chi connectivity index (χ1n) is 3.50. The Morgan fingerprint density at radius 2 is 0.786 bits per heavy atom. The Kier molecular flexibility index (Phi) is 8.84. The maximum absolute atomic E-state index is 11.7. The first-order valence-corrected chi connectivity index (χ1v) is 3.50. The van der Waals surface area contributed by atoms with Gasteiger partial charge in [-0.25, -0.2) is 17.6 Å². The highest BCUT2D eigenvalue weighted by molar-refractivity contribution is 4.48. The molecule has 0 N–H and O–H groups in total. The lowest BCUT2D eigenvalue weighted by Gasteiger charge is -2.22. The van der Waals surface area contributed by atoms with Crippen molar-refractivity contribution < 1.29 is 36.5 Å². The van der Waals surface area contributed by atoms with Gasteiger partial charge >= 0.3 is 0 Å². The highest BCUT2D eigenvalue weighted by atomic mass is 19.1. The molecule has 0 spiro atoms. The van der Waals surface area contributed by atoms with Gasteiger partial charge in [0.1, 0.15) is 0 Å². The molecule has 0 atom stereocenters. The van der Waals surface area contributed by atoms with E-state index in [1.165, 1.54) is 0 Å². The van der Waals surface area contributed by atoms with Crippen molar-refractivity contribution in [2.24, 2.45) is 0 Å². The maximum atomic E-state index is 11.7. The van der Waals surface area contributed by atoms with Crippen molar-refractivity contribution in [1.29, 1.82) is 0 Å². The number of alkyl halides is 4. The molecule has 0 unspecified atom stereocenters. The van der Waals surface area contributed by atoms with E-state index in [9.17, 15) is 17.6 Å². The van der Waals surface area contributed by atoms with Crippen LogP contribution < -0.4 is 0 Å². The lowest BCUT2D eigenvalue weighted by Crippen LogP contribution is -2.36. The minimum atomic E-state index is -1.66. The normalized spacial score (nSPS) is 11.6. The van der Waals surface area contributed by atoms with Crippen molar-refractivity contribution in [3.63, 3.8) is 0 Å². The van der Waals surface area contributed by atoms with E-state index in [0.29, 0.717) is 0 Å². The highest BCUT2D eigenvalue weighted by Gasteiger charge is 2.25. The van der Waals surface area contributed by atoms with E-state index in [0.717, 1.165) is 0 Å². The smallest absolute Gasteiger partial charge is 0.214 e. The summed E-state index contributed by atoms with van der Waals surface area (Å²) in [6.07, 6.45) is -3.31. The van der Waals surface area contributed by atoms with Crippen molar-refractivity contribution in [3.05, 3.63) is 0 Å². The van der Waals surface area contributed by atoms with E-state index < -0.39 is 40.0 Å². The molecule has 0 aliphatic carbocycles. The Labute approximate surface area is 77.7 Å². The third kappa shape index (κ3) is 5.32. The van der Waals surface area contributed by atoms with E-state index in [1.54, 1.807) is 0 Å². The van der Waals surface area contributed by atoms with Gasteiger partial charge in [-0.15, -0.1) is 0 Å². The molecular formula is C6H10F4O4. The standard InChI is InChI=1S/C6H10F4O4/c7-1-11-5(12-2-8)6(13-3-9)14-4-10/h5-6H,1-4H2. The fraction of sp³-hybridized carbons (Fsp3) is 1.00. The lowest BCUT2D eigenvalue weighted by molar-refractivity contribution is -0.314. The highest BCUT2D eigenvalue weighted by Crippen LogP contribution is 2.09. The summed E-state index contributed by atoms with van der Waals surface area (Å²) in [5.74, 6) is 0. The fourth-order valence-electron chi connectivity index (χ4n) is 0.659. The molecule has 0 fully saturated rings. The van der Waals surface area contributed by atoms with E-state index in [-0.39, 0.29) is 0 Å². The zero-order chi connectivity index (χ0) is 10.8. The predicted molar refractivity (Wildman–Crippen MR) is 35.8 cm³/mol. The molecular weight excluding hydrogens is 212 g/mol. The molecule has 4 nitrogen and oxygen atoms in total. The van der Waals surface area contributed by atoms with Crippen LogP contribution in [0.15, 0.2) is 0 Å². The van der Waals surface area contributed by atoms with Crippen LogP contribution in [0.4, 0.5) is 17.6 Å². The van der Waals surface area contributed by atoms with Gasteiger partial charge in [0, 0.05) is 0 Å². The van der Waals surface area contributed by atoms with Crippen molar-refractivity contribution >= 4 is 0 Å². The van der Waals surface area contributed by atoms with Crippen LogP contribution in [0.2, 0.25) is 0 Å². The Morgan fingerprint density at radius 1 is 0.571 bits per heavy atom. The first kappa shape index (κ1) is 13.6. The molecule has 0 rings (SSSR count). The summed E-state index contributed by atoms with van der Waals surface area (Å²) in [5.41, 5.74) is 0. The van der Waals surface area contributed by atoms with Gasteiger partial charge in [-0.2, -0.15) is 0 Å². The molecule has 0 radical (unpaired) electrons. The van der Waals surface area contributed by atoms with Gasteiger partial charge in [-0.1, -0.05) is 0 Å². The van der Waals surface area contributed by atoms with Gasteiger partial charge < -0.3 is 18.9 Å². The zero-order valence-corrected chi connectivity index (χ0v) is 7.13. The van der Waals surface area contributed by atoms with Crippen molar-refractivity contribution in [1.82, 2.24) is 0 Å². The van der Waals surface area contributed by atoms with Crippen LogP contribution >= 0.6 is 0 Å². The average Bonchev–Trinajstić information content (AvgIpc) is 2.17. The van der Waals surface area contributed by atoms with E-state index in [1.807, 2.05) is 0 Å². The summed E-state index contributed by atoms with van der Waals surface area (Å²) in [4.78, 5) is 0. The molecule has 8 heteroatoms. The van der Waals surface area contributed by atoms with Crippen LogP contribution in [0.5, 0.6) is 0 Å². The lowest BCUT2D eigenvalue weighted by atomic mass is 10.6. The molecule has 86 valence electrons. The van der Waals surface area contributed by atoms with Crippen molar-refractivity contribution in [2.45, 2.75) is 12.6 Å². The Balaban J connectivity index is 4.06. The molecule has 0 amide bonds. The third-order valence-corrected chi connectivity index (χ3v) is 1.13. The summed E-state index contributed by atoms with van der Waals surface area (Å²) in [6, 6.07) is 0. The van der Waals surface area contributed by atoms with Crippen molar-refractivity contribution in [3.8, 4) is 0 Å². The zero-order valence-electron chi connectivity index (χ0n) is 7.13. The molecule has 0 aromatic carbocycles. The Bertz CT molecular complexity index is 102. The molecule has 0 bridgehead atoms. The molecule has 0 heterocycles. The van der Waals surface area contributed by atoms with Crippen LogP contribution in [-0.2, 0) is 18.9 Å². The second kappa shape index (κ2) is 9.13. The number of hydrogen-bond acceptors (Lipinski definition) is 4. The SMILES string of the molecule is FCOC(OCF)C(OCF)OCF. The molecule has 0 aliphatic heterocycles. The molecule has 0 saturated heterocycles. The second-order valence-electron chi connectivity index (χ2n) is 1.84. The summed E-state index contributed by atoms with van der Waals surface area (Å²) >= 11 is 0. The van der Waals surface area contributed by atoms with Gasteiger partial charge in [0.05, 0.1) is 0 Å². The maximum Gasteiger partial charge on any atom is 0.214 e. The van der Waals surface area contributed by atoms with Gasteiger partial charge in [-0.3, -0.25) is 0 Å².